The number of pyridine rings is 1. The van der Waals surface area contributed by atoms with Crippen LogP contribution in [0.4, 0.5) is 0 Å². The molecule has 0 aromatic carbocycles. The molecule has 3 heterocycles. The molecule has 1 N–H and O–H groups in total. The lowest BCUT2D eigenvalue weighted by Crippen LogP contribution is -2.02. The summed E-state index contributed by atoms with van der Waals surface area (Å²) in [5.74, 6) is 0. The third kappa shape index (κ3) is 1.76. The van der Waals surface area contributed by atoms with Crippen molar-refractivity contribution in [3.05, 3.63) is 60.6 Å². The minimum atomic E-state index is -0.844. The van der Waals surface area contributed by atoms with Gasteiger partial charge < -0.3 is 9.51 Å². The SMILES string of the molecule is OC(c1cnccn1)c1cn2ccccc2n1. The predicted molar refractivity (Wildman–Crippen MR) is 61.3 cm³/mol. The van der Waals surface area contributed by atoms with Gasteiger partial charge in [0.05, 0.1) is 17.6 Å². The molecule has 17 heavy (non-hydrogen) atoms. The van der Waals surface area contributed by atoms with Crippen molar-refractivity contribution >= 4 is 5.65 Å². The van der Waals surface area contributed by atoms with Gasteiger partial charge in [-0.15, -0.1) is 0 Å². The predicted octanol–water partition coefficient (Wildman–Crippen LogP) is 1.21. The second-order valence-corrected chi connectivity index (χ2v) is 3.66. The lowest BCUT2D eigenvalue weighted by Gasteiger charge is -2.04. The first-order valence-corrected chi connectivity index (χ1v) is 5.22. The maximum atomic E-state index is 10.1. The molecule has 0 saturated heterocycles. The quantitative estimate of drug-likeness (QED) is 0.713. The topological polar surface area (TPSA) is 63.3 Å². The Bertz CT molecular complexity index is 602. The average Bonchev–Trinajstić information content (AvgIpc) is 2.82. The normalized spacial score (nSPS) is 12.8. The van der Waals surface area contributed by atoms with E-state index in [1.165, 1.54) is 6.20 Å². The highest BCUT2D eigenvalue weighted by atomic mass is 16.3. The zero-order valence-electron chi connectivity index (χ0n) is 8.93. The second-order valence-electron chi connectivity index (χ2n) is 3.66. The molecule has 5 heteroatoms. The van der Waals surface area contributed by atoms with E-state index < -0.39 is 6.10 Å². The summed E-state index contributed by atoms with van der Waals surface area (Å²) in [5.41, 5.74) is 1.86. The van der Waals surface area contributed by atoms with Crippen LogP contribution in [0.2, 0.25) is 0 Å². The standard InChI is InChI=1S/C12H10N4O/c17-12(9-7-13-4-5-14-9)10-8-16-6-2-1-3-11(16)15-10/h1-8,12,17H. The molecule has 5 nitrogen and oxygen atoms in total. The summed E-state index contributed by atoms with van der Waals surface area (Å²) < 4.78 is 1.86. The number of aliphatic hydroxyl groups is 1. The summed E-state index contributed by atoms with van der Waals surface area (Å²) in [6, 6.07) is 5.70. The van der Waals surface area contributed by atoms with E-state index in [1.807, 2.05) is 28.8 Å². The Hall–Kier alpha value is -2.27. The van der Waals surface area contributed by atoms with Gasteiger partial charge in [0.1, 0.15) is 11.8 Å². The van der Waals surface area contributed by atoms with Crippen molar-refractivity contribution in [2.75, 3.05) is 0 Å². The lowest BCUT2D eigenvalue weighted by atomic mass is 10.2. The van der Waals surface area contributed by atoms with Crippen LogP contribution in [0.3, 0.4) is 0 Å². The van der Waals surface area contributed by atoms with Crippen LogP contribution in [0.15, 0.2) is 49.2 Å². The summed E-state index contributed by atoms with van der Waals surface area (Å²) in [5, 5.41) is 10.1. The van der Waals surface area contributed by atoms with E-state index in [1.54, 1.807) is 18.6 Å². The maximum absolute atomic E-state index is 10.1. The van der Waals surface area contributed by atoms with Crippen LogP contribution in [0, 0.1) is 0 Å². The number of aliphatic hydroxyl groups excluding tert-OH is 1. The van der Waals surface area contributed by atoms with Crippen LogP contribution in [-0.4, -0.2) is 24.5 Å². The first kappa shape index (κ1) is 9.92. The molecule has 3 aromatic rings. The van der Waals surface area contributed by atoms with Crippen molar-refractivity contribution in [3.63, 3.8) is 0 Å². The molecular weight excluding hydrogens is 216 g/mol. The molecule has 3 aromatic heterocycles. The van der Waals surface area contributed by atoms with E-state index in [9.17, 15) is 5.11 Å². The fourth-order valence-electron chi connectivity index (χ4n) is 1.69. The zero-order valence-corrected chi connectivity index (χ0v) is 8.93. The minimum Gasteiger partial charge on any atom is -0.380 e. The maximum Gasteiger partial charge on any atom is 0.141 e. The van der Waals surface area contributed by atoms with Gasteiger partial charge >= 0.3 is 0 Å². The monoisotopic (exact) mass is 226 g/mol. The summed E-state index contributed by atoms with van der Waals surface area (Å²) in [6.07, 6.45) is 7.48. The van der Waals surface area contributed by atoms with E-state index in [2.05, 4.69) is 15.0 Å². The smallest absolute Gasteiger partial charge is 0.141 e. The Morgan fingerprint density at radius 3 is 2.88 bits per heavy atom. The molecule has 0 radical (unpaired) electrons. The Morgan fingerprint density at radius 1 is 1.18 bits per heavy atom. The highest BCUT2D eigenvalue weighted by molar-refractivity contribution is 5.40. The molecular formula is C12H10N4O. The van der Waals surface area contributed by atoms with Crippen LogP contribution in [0.5, 0.6) is 0 Å². The Morgan fingerprint density at radius 2 is 2.12 bits per heavy atom. The average molecular weight is 226 g/mol. The van der Waals surface area contributed by atoms with Gasteiger partial charge in [-0.1, -0.05) is 6.07 Å². The summed E-state index contributed by atoms with van der Waals surface area (Å²) >= 11 is 0. The first-order chi connectivity index (χ1) is 8.34. The lowest BCUT2D eigenvalue weighted by molar-refractivity contribution is 0.210. The number of aromatic nitrogens is 4. The molecule has 0 amide bonds. The number of hydrogen-bond acceptors (Lipinski definition) is 4. The van der Waals surface area contributed by atoms with Gasteiger partial charge in [0.25, 0.3) is 0 Å². The molecule has 0 spiro atoms. The van der Waals surface area contributed by atoms with Crippen molar-refractivity contribution < 1.29 is 5.11 Å². The molecule has 0 aliphatic rings. The van der Waals surface area contributed by atoms with E-state index in [4.69, 9.17) is 0 Å². The fraction of sp³-hybridized carbons (Fsp3) is 0.0833. The van der Waals surface area contributed by atoms with Crippen LogP contribution >= 0.6 is 0 Å². The van der Waals surface area contributed by atoms with Crippen molar-refractivity contribution in [2.24, 2.45) is 0 Å². The Balaban J connectivity index is 2.04. The molecule has 0 fully saturated rings. The second kappa shape index (κ2) is 3.95. The van der Waals surface area contributed by atoms with Gasteiger partial charge in [0.15, 0.2) is 0 Å². The van der Waals surface area contributed by atoms with Crippen LogP contribution in [-0.2, 0) is 0 Å². The molecule has 0 saturated carbocycles. The first-order valence-electron chi connectivity index (χ1n) is 5.22. The number of fused-ring (bicyclic) bond motifs is 1. The van der Waals surface area contributed by atoms with E-state index in [0.717, 1.165) is 5.65 Å². The highest BCUT2D eigenvalue weighted by Crippen LogP contribution is 2.18. The number of nitrogens with zero attached hydrogens (tertiary/aromatic N) is 4. The zero-order chi connectivity index (χ0) is 11.7. The molecule has 3 rings (SSSR count). The summed E-state index contributed by atoms with van der Waals surface area (Å²) in [7, 11) is 0. The van der Waals surface area contributed by atoms with Gasteiger partial charge in [-0.05, 0) is 12.1 Å². The fourth-order valence-corrected chi connectivity index (χ4v) is 1.69. The molecule has 1 unspecified atom stereocenters. The summed E-state index contributed by atoms with van der Waals surface area (Å²) in [6.45, 7) is 0. The van der Waals surface area contributed by atoms with Gasteiger partial charge in [0, 0.05) is 24.8 Å². The van der Waals surface area contributed by atoms with Crippen molar-refractivity contribution in [1.29, 1.82) is 0 Å². The van der Waals surface area contributed by atoms with E-state index in [-0.39, 0.29) is 0 Å². The number of rotatable bonds is 2. The van der Waals surface area contributed by atoms with E-state index >= 15 is 0 Å². The Labute approximate surface area is 97.4 Å². The van der Waals surface area contributed by atoms with Gasteiger partial charge in [0.2, 0.25) is 0 Å². The Kier molecular flexibility index (Phi) is 2.31. The molecule has 0 bridgehead atoms. The van der Waals surface area contributed by atoms with Crippen LogP contribution in [0.1, 0.15) is 17.5 Å². The van der Waals surface area contributed by atoms with Crippen LogP contribution in [0.25, 0.3) is 5.65 Å². The van der Waals surface area contributed by atoms with Gasteiger partial charge in [-0.2, -0.15) is 0 Å². The number of imidazole rings is 1. The van der Waals surface area contributed by atoms with Crippen LogP contribution < -0.4 is 0 Å². The van der Waals surface area contributed by atoms with Crippen molar-refractivity contribution in [3.8, 4) is 0 Å². The minimum absolute atomic E-state index is 0.496. The third-order valence-electron chi connectivity index (χ3n) is 2.53. The molecule has 84 valence electrons. The van der Waals surface area contributed by atoms with E-state index in [0.29, 0.717) is 11.4 Å². The molecule has 0 aliphatic heterocycles. The molecule has 0 aliphatic carbocycles. The largest absolute Gasteiger partial charge is 0.380 e. The number of hydrogen-bond donors (Lipinski definition) is 1. The van der Waals surface area contributed by atoms with Gasteiger partial charge in [-0.3, -0.25) is 9.97 Å². The third-order valence-corrected chi connectivity index (χ3v) is 2.53. The van der Waals surface area contributed by atoms with Crippen molar-refractivity contribution in [2.45, 2.75) is 6.10 Å². The highest BCUT2D eigenvalue weighted by Gasteiger charge is 2.15. The van der Waals surface area contributed by atoms with Gasteiger partial charge in [-0.25, -0.2) is 4.98 Å². The molecule has 1 atom stereocenters. The van der Waals surface area contributed by atoms with Crippen molar-refractivity contribution in [1.82, 2.24) is 19.4 Å². The summed E-state index contributed by atoms with van der Waals surface area (Å²) in [4.78, 5) is 12.3.